The third kappa shape index (κ3) is 2.23. The molecule has 120 valence electrons. The summed E-state index contributed by atoms with van der Waals surface area (Å²) in [5.74, 6) is 0.569. The Morgan fingerprint density at radius 3 is 2.74 bits per heavy atom. The molecule has 7 nitrogen and oxygen atoms in total. The number of fused-ring (bicyclic) bond motifs is 1. The summed E-state index contributed by atoms with van der Waals surface area (Å²) in [7, 11) is 0. The van der Waals surface area contributed by atoms with E-state index in [1.807, 2.05) is 17.0 Å². The molecule has 1 fully saturated rings. The molecule has 1 saturated carbocycles. The van der Waals surface area contributed by atoms with Crippen LogP contribution in [0, 0.1) is 0 Å². The molecule has 1 spiro atoms. The molecular weight excluding hydrogens is 314 g/mol. The van der Waals surface area contributed by atoms with Crippen LogP contribution in [0.5, 0.6) is 0 Å². The zero-order chi connectivity index (χ0) is 16.0. The van der Waals surface area contributed by atoms with Gasteiger partial charge in [0.15, 0.2) is 0 Å². The molecule has 0 atom stereocenters. The first-order chi connectivity index (χ1) is 11.1. The number of aliphatic imine (C=N–C) groups is 2. The lowest BCUT2D eigenvalue weighted by molar-refractivity contribution is 0.305. The zero-order valence-corrected chi connectivity index (χ0v) is 13.3. The van der Waals surface area contributed by atoms with Crippen molar-refractivity contribution in [1.29, 1.82) is 0 Å². The minimum absolute atomic E-state index is 0.236. The Morgan fingerprint density at radius 1 is 1.17 bits per heavy atom. The van der Waals surface area contributed by atoms with Gasteiger partial charge >= 0.3 is 0 Å². The normalized spacial score (nSPS) is 20.7. The maximum absolute atomic E-state index is 6.52. The SMILES string of the molecule is NC1=NC2(CCCCC2)N(c2cc3[nH]ncc3cc2Cl)C(N)=N1. The van der Waals surface area contributed by atoms with Crippen LogP contribution in [-0.2, 0) is 0 Å². The molecule has 0 bridgehead atoms. The Labute approximate surface area is 138 Å². The number of halogens is 1. The van der Waals surface area contributed by atoms with Crippen molar-refractivity contribution in [2.45, 2.75) is 37.8 Å². The number of guanidine groups is 2. The van der Waals surface area contributed by atoms with E-state index in [2.05, 4.69) is 20.2 Å². The minimum atomic E-state index is -0.495. The quantitative estimate of drug-likeness (QED) is 0.745. The fourth-order valence-corrected chi connectivity index (χ4v) is 3.85. The first-order valence-corrected chi connectivity index (χ1v) is 8.09. The van der Waals surface area contributed by atoms with E-state index >= 15 is 0 Å². The van der Waals surface area contributed by atoms with Gasteiger partial charge in [0.1, 0.15) is 5.66 Å². The number of rotatable bonds is 1. The van der Waals surface area contributed by atoms with Crippen LogP contribution >= 0.6 is 11.6 Å². The van der Waals surface area contributed by atoms with Crippen LogP contribution < -0.4 is 16.4 Å². The molecule has 0 amide bonds. The molecule has 2 heterocycles. The maximum atomic E-state index is 6.52. The average Bonchev–Trinajstić information content (AvgIpc) is 2.94. The molecule has 1 aromatic heterocycles. The van der Waals surface area contributed by atoms with E-state index < -0.39 is 5.66 Å². The lowest BCUT2D eigenvalue weighted by atomic mass is 9.87. The number of hydrogen-bond donors (Lipinski definition) is 3. The molecule has 4 rings (SSSR count). The van der Waals surface area contributed by atoms with Crippen molar-refractivity contribution in [3.63, 3.8) is 0 Å². The number of H-pyrrole nitrogens is 1. The van der Waals surface area contributed by atoms with E-state index in [-0.39, 0.29) is 5.96 Å². The molecule has 0 radical (unpaired) electrons. The second-order valence-electron chi connectivity index (χ2n) is 6.08. The van der Waals surface area contributed by atoms with Crippen molar-refractivity contribution < 1.29 is 0 Å². The van der Waals surface area contributed by atoms with Crippen molar-refractivity contribution in [3.8, 4) is 0 Å². The number of anilines is 1. The summed E-state index contributed by atoms with van der Waals surface area (Å²) in [5.41, 5.74) is 13.3. The number of aromatic nitrogens is 2. The van der Waals surface area contributed by atoms with Crippen LogP contribution in [-0.4, -0.2) is 27.8 Å². The van der Waals surface area contributed by atoms with Gasteiger partial charge in [-0.1, -0.05) is 18.0 Å². The fourth-order valence-electron chi connectivity index (χ4n) is 3.59. The Hall–Kier alpha value is -2.28. The maximum Gasteiger partial charge on any atom is 0.220 e. The van der Waals surface area contributed by atoms with Crippen molar-refractivity contribution in [2.24, 2.45) is 21.5 Å². The smallest absolute Gasteiger partial charge is 0.220 e. The van der Waals surface area contributed by atoms with E-state index in [4.69, 9.17) is 23.1 Å². The summed E-state index contributed by atoms with van der Waals surface area (Å²) in [6.45, 7) is 0. The van der Waals surface area contributed by atoms with Gasteiger partial charge in [-0.05, 0) is 37.8 Å². The highest BCUT2D eigenvalue weighted by molar-refractivity contribution is 6.35. The van der Waals surface area contributed by atoms with E-state index in [0.717, 1.165) is 42.3 Å². The lowest BCUT2D eigenvalue weighted by Gasteiger charge is -2.45. The van der Waals surface area contributed by atoms with Gasteiger partial charge in [0.2, 0.25) is 11.9 Å². The van der Waals surface area contributed by atoms with E-state index in [1.165, 1.54) is 6.42 Å². The van der Waals surface area contributed by atoms with Gasteiger partial charge in [-0.25, -0.2) is 4.99 Å². The molecule has 2 aliphatic rings. The fraction of sp³-hybridized carbons (Fsp3) is 0.400. The van der Waals surface area contributed by atoms with Gasteiger partial charge in [0.25, 0.3) is 0 Å². The molecule has 1 aromatic carbocycles. The van der Waals surface area contributed by atoms with Gasteiger partial charge in [-0.15, -0.1) is 0 Å². The molecule has 8 heteroatoms. The molecule has 23 heavy (non-hydrogen) atoms. The van der Waals surface area contributed by atoms with Gasteiger partial charge in [0, 0.05) is 5.39 Å². The Bertz CT molecular complexity index is 816. The summed E-state index contributed by atoms with van der Waals surface area (Å²) < 4.78 is 0. The first-order valence-electron chi connectivity index (χ1n) is 7.71. The molecule has 2 aromatic rings. The topological polar surface area (TPSA) is 109 Å². The van der Waals surface area contributed by atoms with Crippen molar-refractivity contribution in [1.82, 2.24) is 10.2 Å². The largest absolute Gasteiger partial charge is 0.369 e. The number of benzene rings is 1. The van der Waals surface area contributed by atoms with Crippen molar-refractivity contribution in [2.75, 3.05) is 4.90 Å². The van der Waals surface area contributed by atoms with Crippen LogP contribution in [0.25, 0.3) is 10.9 Å². The monoisotopic (exact) mass is 331 g/mol. The lowest BCUT2D eigenvalue weighted by Crippen LogP contribution is -2.58. The van der Waals surface area contributed by atoms with Gasteiger partial charge in [-0.3, -0.25) is 10.00 Å². The molecule has 0 saturated heterocycles. The molecular formula is C15H18ClN7. The predicted molar refractivity (Wildman–Crippen MR) is 92.6 cm³/mol. The van der Waals surface area contributed by atoms with E-state index in [0.29, 0.717) is 11.0 Å². The Kier molecular flexibility index (Phi) is 3.19. The standard InChI is InChI=1S/C15H18ClN7/c16-10-6-9-8-19-22-11(9)7-12(10)23-14(18)20-13(17)21-15(23)4-2-1-3-5-15/h6-8H,1-5H2,(H,19,22)(H4,17,18,20,21). The van der Waals surface area contributed by atoms with Gasteiger partial charge in [0.05, 0.1) is 22.4 Å². The molecule has 0 unspecified atom stereocenters. The van der Waals surface area contributed by atoms with Gasteiger partial charge in [-0.2, -0.15) is 10.1 Å². The summed E-state index contributed by atoms with van der Waals surface area (Å²) in [5, 5.41) is 8.56. The summed E-state index contributed by atoms with van der Waals surface area (Å²) in [6, 6.07) is 3.82. The summed E-state index contributed by atoms with van der Waals surface area (Å²) in [6.07, 6.45) is 6.83. The Balaban J connectivity index is 1.89. The van der Waals surface area contributed by atoms with Crippen LogP contribution in [0.1, 0.15) is 32.1 Å². The highest BCUT2D eigenvalue weighted by atomic mass is 35.5. The summed E-state index contributed by atoms with van der Waals surface area (Å²) in [4.78, 5) is 10.8. The van der Waals surface area contributed by atoms with Crippen LogP contribution in [0.2, 0.25) is 5.02 Å². The second kappa shape index (κ2) is 5.13. The number of nitrogens with two attached hydrogens (primary N) is 2. The Morgan fingerprint density at radius 2 is 1.96 bits per heavy atom. The predicted octanol–water partition coefficient (Wildman–Crippen LogP) is 2.33. The molecule has 1 aliphatic carbocycles. The third-order valence-corrected chi connectivity index (χ3v) is 4.90. The third-order valence-electron chi connectivity index (χ3n) is 4.60. The zero-order valence-electron chi connectivity index (χ0n) is 12.6. The van der Waals surface area contributed by atoms with Crippen LogP contribution in [0.15, 0.2) is 28.3 Å². The van der Waals surface area contributed by atoms with Crippen molar-refractivity contribution in [3.05, 3.63) is 23.4 Å². The number of aromatic amines is 1. The minimum Gasteiger partial charge on any atom is -0.369 e. The number of nitrogens with zero attached hydrogens (tertiary/aromatic N) is 4. The summed E-state index contributed by atoms with van der Waals surface area (Å²) >= 11 is 6.52. The van der Waals surface area contributed by atoms with Crippen molar-refractivity contribution >= 4 is 40.1 Å². The van der Waals surface area contributed by atoms with E-state index in [9.17, 15) is 0 Å². The first kappa shape index (κ1) is 14.3. The molecule has 5 N–H and O–H groups in total. The number of hydrogen-bond acceptors (Lipinski definition) is 6. The highest BCUT2D eigenvalue weighted by Crippen LogP contribution is 2.42. The van der Waals surface area contributed by atoms with E-state index in [1.54, 1.807) is 6.20 Å². The highest BCUT2D eigenvalue weighted by Gasteiger charge is 2.43. The second-order valence-corrected chi connectivity index (χ2v) is 6.49. The number of nitrogens with one attached hydrogen (secondary N) is 1. The molecule has 1 aliphatic heterocycles. The van der Waals surface area contributed by atoms with Gasteiger partial charge < -0.3 is 11.5 Å². The van der Waals surface area contributed by atoms with Crippen LogP contribution in [0.4, 0.5) is 5.69 Å². The van der Waals surface area contributed by atoms with Crippen LogP contribution in [0.3, 0.4) is 0 Å². The average molecular weight is 332 g/mol.